The summed E-state index contributed by atoms with van der Waals surface area (Å²) in [6.07, 6.45) is 1.91. The first kappa shape index (κ1) is 22.7. The average Bonchev–Trinajstić information content (AvgIpc) is 3.03. The van der Waals surface area contributed by atoms with Gasteiger partial charge in [0.05, 0.1) is 5.52 Å². The summed E-state index contributed by atoms with van der Waals surface area (Å²) in [7, 11) is 0. The number of hydrogen-bond acceptors (Lipinski definition) is 1. The minimum absolute atomic E-state index is 1.03. The van der Waals surface area contributed by atoms with Gasteiger partial charge in [-0.25, -0.2) is 0 Å². The minimum atomic E-state index is 1.03. The molecule has 8 rings (SSSR count). The van der Waals surface area contributed by atoms with Gasteiger partial charge in [-0.1, -0.05) is 127 Å². The fourth-order valence-electron chi connectivity index (χ4n) is 6.27. The SMILES string of the molecule is c1cc(-c2cccc3ccccc23)cc(-c2c3ccccc3c(-c3ccc4ccccc4c3)c3ncccc23)c1. The number of pyridine rings is 1. The number of aromatic nitrogens is 1. The molecule has 1 heterocycles. The highest BCUT2D eigenvalue weighted by Gasteiger charge is 2.18. The molecule has 0 amide bonds. The molecule has 0 N–H and O–H groups in total. The van der Waals surface area contributed by atoms with E-state index in [1.807, 2.05) is 6.20 Å². The second-order valence-corrected chi connectivity index (χ2v) is 10.4. The van der Waals surface area contributed by atoms with Gasteiger partial charge < -0.3 is 0 Å². The maximum absolute atomic E-state index is 5.00. The van der Waals surface area contributed by atoms with Crippen molar-refractivity contribution in [1.29, 1.82) is 0 Å². The van der Waals surface area contributed by atoms with Crippen LogP contribution in [0, 0.1) is 0 Å². The Morgan fingerprint density at radius 2 is 0.975 bits per heavy atom. The van der Waals surface area contributed by atoms with Crippen molar-refractivity contribution in [3.63, 3.8) is 0 Å². The normalized spacial score (nSPS) is 11.5. The van der Waals surface area contributed by atoms with E-state index in [0.717, 1.165) is 5.52 Å². The highest BCUT2D eigenvalue weighted by atomic mass is 14.7. The Hall–Kier alpha value is -5.27. The van der Waals surface area contributed by atoms with Gasteiger partial charge in [0.1, 0.15) is 0 Å². The summed E-state index contributed by atoms with van der Waals surface area (Å²) in [5.74, 6) is 0. The summed E-state index contributed by atoms with van der Waals surface area (Å²) in [4.78, 5) is 5.00. The molecular formula is C39H25N. The highest BCUT2D eigenvalue weighted by Crippen LogP contribution is 2.44. The molecule has 186 valence electrons. The first-order chi connectivity index (χ1) is 19.8. The fraction of sp³-hybridized carbons (Fsp3) is 0. The van der Waals surface area contributed by atoms with Crippen molar-refractivity contribution in [1.82, 2.24) is 4.98 Å². The van der Waals surface area contributed by atoms with Crippen LogP contribution in [0.15, 0.2) is 152 Å². The van der Waals surface area contributed by atoms with Gasteiger partial charge in [0.25, 0.3) is 0 Å². The molecule has 0 unspecified atom stereocenters. The molecule has 0 aliphatic carbocycles. The van der Waals surface area contributed by atoms with E-state index in [-0.39, 0.29) is 0 Å². The van der Waals surface area contributed by atoms with Crippen molar-refractivity contribution in [3.05, 3.63) is 152 Å². The van der Waals surface area contributed by atoms with Crippen LogP contribution in [0.3, 0.4) is 0 Å². The van der Waals surface area contributed by atoms with Gasteiger partial charge >= 0.3 is 0 Å². The number of fused-ring (bicyclic) bond motifs is 4. The van der Waals surface area contributed by atoms with Gasteiger partial charge in [-0.2, -0.15) is 0 Å². The molecule has 0 fully saturated rings. The molecule has 0 spiro atoms. The van der Waals surface area contributed by atoms with Crippen LogP contribution in [0.25, 0.3) is 76.6 Å². The Balaban J connectivity index is 1.42. The van der Waals surface area contributed by atoms with Gasteiger partial charge in [-0.3, -0.25) is 4.98 Å². The van der Waals surface area contributed by atoms with Crippen LogP contribution in [-0.4, -0.2) is 4.98 Å². The molecule has 0 aliphatic heterocycles. The van der Waals surface area contributed by atoms with Crippen molar-refractivity contribution < 1.29 is 0 Å². The molecule has 0 saturated heterocycles. The summed E-state index contributed by atoms with van der Waals surface area (Å²) >= 11 is 0. The van der Waals surface area contributed by atoms with Gasteiger partial charge in [0, 0.05) is 17.1 Å². The topological polar surface area (TPSA) is 12.9 Å². The summed E-state index contributed by atoms with van der Waals surface area (Å²) in [6, 6.07) is 52.5. The van der Waals surface area contributed by atoms with Crippen molar-refractivity contribution in [2.24, 2.45) is 0 Å². The van der Waals surface area contributed by atoms with Gasteiger partial charge in [-0.05, 0) is 78.3 Å². The molecular weight excluding hydrogens is 482 g/mol. The van der Waals surface area contributed by atoms with Gasteiger partial charge in [0.2, 0.25) is 0 Å². The largest absolute Gasteiger partial charge is 0.256 e. The molecule has 0 radical (unpaired) electrons. The monoisotopic (exact) mass is 507 g/mol. The van der Waals surface area contributed by atoms with Crippen molar-refractivity contribution >= 4 is 43.2 Å². The molecule has 8 aromatic rings. The average molecular weight is 508 g/mol. The van der Waals surface area contributed by atoms with Crippen LogP contribution >= 0.6 is 0 Å². The quantitative estimate of drug-likeness (QED) is 0.217. The van der Waals surface area contributed by atoms with Crippen molar-refractivity contribution in [2.75, 3.05) is 0 Å². The summed E-state index contributed by atoms with van der Waals surface area (Å²) in [6.45, 7) is 0. The zero-order chi connectivity index (χ0) is 26.5. The van der Waals surface area contributed by atoms with E-state index in [2.05, 4.69) is 146 Å². The minimum Gasteiger partial charge on any atom is -0.256 e. The van der Waals surface area contributed by atoms with E-state index in [1.165, 1.54) is 71.1 Å². The van der Waals surface area contributed by atoms with Crippen LogP contribution in [0.5, 0.6) is 0 Å². The van der Waals surface area contributed by atoms with Crippen LogP contribution in [0.4, 0.5) is 0 Å². The first-order valence-electron chi connectivity index (χ1n) is 13.7. The van der Waals surface area contributed by atoms with E-state index in [1.54, 1.807) is 0 Å². The Labute approximate surface area is 233 Å². The van der Waals surface area contributed by atoms with Gasteiger partial charge in [-0.15, -0.1) is 0 Å². The lowest BCUT2D eigenvalue weighted by Crippen LogP contribution is -1.93. The summed E-state index contributed by atoms with van der Waals surface area (Å²) < 4.78 is 0. The van der Waals surface area contributed by atoms with E-state index < -0.39 is 0 Å². The molecule has 1 aromatic heterocycles. The standard InChI is InChI=1S/C39H25N/c1-2-12-28-24-31(22-21-26(28)10-1)38-35-18-6-5-17-34(35)37(36-20-9-23-40-39(36)38)30-15-7-14-29(25-30)33-19-8-13-27-11-3-4-16-32(27)33/h1-25H. The van der Waals surface area contributed by atoms with Crippen LogP contribution < -0.4 is 0 Å². The van der Waals surface area contributed by atoms with E-state index in [4.69, 9.17) is 4.98 Å². The molecule has 0 aliphatic rings. The molecule has 7 aromatic carbocycles. The summed E-state index contributed by atoms with van der Waals surface area (Å²) in [5, 5.41) is 8.63. The molecule has 1 nitrogen and oxygen atoms in total. The number of hydrogen-bond donors (Lipinski definition) is 0. The third-order valence-electron chi connectivity index (χ3n) is 8.07. The summed E-state index contributed by atoms with van der Waals surface area (Å²) in [5.41, 5.74) is 8.30. The van der Waals surface area contributed by atoms with Crippen LogP contribution in [-0.2, 0) is 0 Å². The zero-order valence-electron chi connectivity index (χ0n) is 21.9. The predicted molar refractivity (Wildman–Crippen MR) is 171 cm³/mol. The Bertz CT molecular complexity index is 2160. The molecule has 0 bridgehead atoms. The molecule has 0 atom stereocenters. The van der Waals surface area contributed by atoms with Crippen molar-refractivity contribution in [2.45, 2.75) is 0 Å². The van der Waals surface area contributed by atoms with E-state index >= 15 is 0 Å². The number of rotatable bonds is 3. The van der Waals surface area contributed by atoms with E-state index in [0.29, 0.717) is 0 Å². The number of nitrogens with zero attached hydrogens (tertiary/aromatic N) is 1. The molecule has 0 saturated carbocycles. The second kappa shape index (κ2) is 9.18. The lowest BCUT2D eigenvalue weighted by Gasteiger charge is -2.18. The lowest BCUT2D eigenvalue weighted by atomic mass is 9.86. The third kappa shape index (κ3) is 3.60. The number of benzene rings is 7. The zero-order valence-corrected chi connectivity index (χ0v) is 21.9. The maximum Gasteiger partial charge on any atom is 0.0792 e. The molecule has 1 heteroatoms. The van der Waals surface area contributed by atoms with Crippen LogP contribution in [0.1, 0.15) is 0 Å². The van der Waals surface area contributed by atoms with E-state index in [9.17, 15) is 0 Å². The Morgan fingerprint density at radius 3 is 1.85 bits per heavy atom. The highest BCUT2D eigenvalue weighted by molar-refractivity contribution is 6.20. The molecule has 40 heavy (non-hydrogen) atoms. The fourth-order valence-corrected chi connectivity index (χ4v) is 6.27. The first-order valence-corrected chi connectivity index (χ1v) is 13.7. The Kier molecular flexibility index (Phi) is 5.21. The maximum atomic E-state index is 5.00. The Morgan fingerprint density at radius 1 is 0.350 bits per heavy atom. The van der Waals surface area contributed by atoms with Crippen LogP contribution in [0.2, 0.25) is 0 Å². The smallest absolute Gasteiger partial charge is 0.0792 e. The lowest BCUT2D eigenvalue weighted by molar-refractivity contribution is 1.42. The predicted octanol–water partition coefficient (Wildman–Crippen LogP) is 10.7. The van der Waals surface area contributed by atoms with Crippen molar-refractivity contribution in [3.8, 4) is 33.4 Å². The third-order valence-corrected chi connectivity index (χ3v) is 8.07. The van der Waals surface area contributed by atoms with Gasteiger partial charge in [0.15, 0.2) is 0 Å². The second-order valence-electron chi connectivity index (χ2n) is 10.4.